The van der Waals surface area contributed by atoms with Crippen LogP contribution >= 0.6 is 0 Å². The smallest absolute Gasteiger partial charge is 0.120 e. The van der Waals surface area contributed by atoms with Crippen LogP contribution in [0.3, 0.4) is 0 Å². The summed E-state index contributed by atoms with van der Waals surface area (Å²) in [6, 6.07) is 9.49. The number of hydrogen-bond acceptors (Lipinski definition) is 3. The van der Waals surface area contributed by atoms with E-state index >= 15 is 0 Å². The van der Waals surface area contributed by atoms with Gasteiger partial charge in [0.05, 0.1) is 18.2 Å². The van der Waals surface area contributed by atoms with Crippen molar-refractivity contribution in [2.75, 3.05) is 26.2 Å². The van der Waals surface area contributed by atoms with Gasteiger partial charge in [0.2, 0.25) is 0 Å². The van der Waals surface area contributed by atoms with Crippen molar-refractivity contribution in [3.63, 3.8) is 0 Å². The molecule has 1 aromatic rings. The van der Waals surface area contributed by atoms with E-state index < -0.39 is 0 Å². The van der Waals surface area contributed by atoms with Gasteiger partial charge in [-0.05, 0) is 50.6 Å². The second-order valence-corrected chi connectivity index (χ2v) is 5.10. The molecule has 3 nitrogen and oxygen atoms in total. The van der Waals surface area contributed by atoms with E-state index in [2.05, 4.69) is 11.0 Å². The summed E-state index contributed by atoms with van der Waals surface area (Å²) < 4.78 is 5.69. The largest absolute Gasteiger partial charge is 0.494 e. The Balaban J connectivity index is 1.67. The molecule has 0 unspecified atom stereocenters. The zero-order chi connectivity index (χ0) is 13.3. The molecule has 1 aromatic carbocycles. The van der Waals surface area contributed by atoms with Crippen LogP contribution in [0.2, 0.25) is 0 Å². The molecule has 0 atom stereocenters. The highest BCUT2D eigenvalue weighted by molar-refractivity contribution is 5.36. The summed E-state index contributed by atoms with van der Waals surface area (Å²) in [4.78, 5) is 2.54. The van der Waals surface area contributed by atoms with Crippen LogP contribution in [0.5, 0.6) is 5.75 Å². The SMILES string of the molecule is N#Cc1cccc(OCCCN2CCCCCC2)c1. The Morgan fingerprint density at radius 3 is 2.68 bits per heavy atom. The molecule has 1 aliphatic rings. The second-order valence-electron chi connectivity index (χ2n) is 5.10. The predicted molar refractivity (Wildman–Crippen MR) is 76.2 cm³/mol. The number of nitrogens with zero attached hydrogens (tertiary/aromatic N) is 2. The molecule has 2 rings (SSSR count). The van der Waals surface area contributed by atoms with Crippen molar-refractivity contribution in [1.82, 2.24) is 4.90 Å². The van der Waals surface area contributed by atoms with Gasteiger partial charge in [-0.1, -0.05) is 18.9 Å². The lowest BCUT2D eigenvalue weighted by Gasteiger charge is -2.19. The standard InChI is InChI=1S/C16H22N2O/c17-14-15-7-5-8-16(13-15)19-12-6-11-18-9-3-1-2-4-10-18/h5,7-8,13H,1-4,6,9-12H2. The molecule has 0 aromatic heterocycles. The van der Waals surface area contributed by atoms with Gasteiger partial charge >= 0.3 is 0 Å². The van der Waals surface area contributed by atoms with E-state index in [9.17, 15) is 0 Å². The van der Waals surface area contributed by atoms with Crippen molar-refractivity contribution in [2.24, 2.45) is 0 Å². The van der Waals surface area contributed by atoms with Crippen molar-refractivity contribution in [3.05, 3.63) is 29.8 Å². The van der Waals surface area contributed by atoms with Gasteiger partial charge in [-0.15, -0.1) is 0 Å². The van der Waals surface area contributed by atoms with Gasteiger partial charge in [0.1, 0.15) is 5.75 Å². The van der Waals surface area contributed by atoms with Gasteiger partial charge in [0.25, 0.3) is 0 Å². The van der Waals surface area contributed by atoms with E-state index in [0.29, 0.717) is 5.56 Å². The molecule has 3 heteroatoms. The molecule has 0 amide bonds. The highest BCUT2D eigenvalue weighted by Crippen LogP contribution is 2.13. The van der Waals surface area contributed by atoms with E-state index in [0.717, 1.165) is 25.3 Å². The molecule has 1 fully saturated rings. The number of ether oxygens (including phenoxy) is 1. The number of rotatable bonds is 5. The van der Waals surface area contributed by atoms with Crippen LogP contribution in [0.1, 0.15) is 37.7 Å². The van der Waals surface area contributed by atoms with E-state index in [1.54, 1.807) is 12.1 Å². The molecule has 1 saturated heterocycles. The molecule has 0 radical (unpaired) electrons. The number of likely N-dealkylation sites (tertiary alicyclic amines) is 1. The predicted octanol–water partition coefficient (Wildman–Crippen LogP) is 3.20. The third kappa shape index (κ3) is 4.92. The van der Waals surface area contributed by atoms with Gasteiger partial charge in [0, 0.05) is 6.54 Å². The van der Waals surface area contributed by atoms with Gasteiger partial charge in [-0.25, -0.2) is 0 Å². The molecule has 0 N–H and O–H groups in total. The van der Waals surface area contributed by atoms with Crippen LogP contribution in [-0.4, -0.2) is 31.1 Å². The summed E-state index contributed by atoms with van der Waals surface area (Å²) in [5.41, 5.74) is 0.657. The Hall–Kier alpha value is -1.53. The van der Waals surface area contributed by atoms with Crippen LogP contribution < -0.4 is 4.74 Å². The first-order valence-corrected chi connectivity index (χ1v) is 7.24. The molecule has 0 aliphatic carbocycles. The van der Waals surface area contributed by atoms with Crippen LogP contribution in [-0.2, 0) is 0 Å². The second kappa shape index (κ2) is 7.81. The van der Waals surface area contributed by atoms with Gasteiger partial charge < -0.3 is 9.64 Å². The molecular formula is C16H22N2O. The van der Waals surface area contributed by atoms with Crippen LogP contribution in [0.4, 0.5) is 0 Å². The maximum Gasteiger partial charge on any atom is 0.120 e. The van der Waals surface area contributed by atoms with E-state index in [4.69, 9.17) is 10.00 Å². The zero-order valence-electron chi connectivity index (χ0n) is 11.5. The van der Waals surface area contributed by atoms with Gasteiger partial charge in [-0.2, -0.15) is 5.26 Å². The Morgan fingerprint density at radius 2 is 1.95 bits per heavy atom. The fraction of sp³-hybridized carbons (Fsp3) is 0.562. The third-order valence-corrected chi connectivity index (χ3v) is 3.55. The minimum Gasteiger partial charge on any atom is -0.494 e. The Bertz CT molecular complexity index is 417. The highest BCUT2D eigenvalue weighted by atomic mass is 16.5. The first-order chi connectivity index (χ1) is 9.38. The van der Waals surface area contributed by atoms with Crippen LogP contribution in [0.25, 0.3) is 0 Å². The van der Waals surface area contributed by atoms with Crippen LogP contribution in [0, 0.1) is 11.3 Å². The van der Waals surface area contributed by atoms with Crippen molar-refractivity contribution < 1.29 is 4.74 Å². The van der Waals surface area contributed by atoms with Gasteiger partial charge in [0.15, 0.2) is 0 Å². The fourth-order valence-corrected chi connectivity index (χ4v) is 2.49. The zero-order valence-corrected chi connectivity index (χ0v) is 11.5. The van der Waals surface area contributed by atoms with Crippen molar-refractivity contribution in [3.8, 4) is 11.8 Å². The average Bonchev–Trinajstić information content (AvgIpc) is 2.72. The summed E-state index contributed by atoms with van der Waals surface area (Å²) >= 11 is 0. The Labute approximate surface area is 115 Å². The van der Waals surface area contributed by atoms with Crippen LogP contribution in [0.15, 0.2) is 24.3 Å². The summed E-state index contributed by atoms with van der Waals surface area (Å²) in [5, 5.41) is 8.82. The summed E-state index contributed by atoms with van der Waals surface area (Å²) in [6.07, 6.45) is 6.49. The topological polar surface area (TPSA) is 36.3 Å². The quantitative estimate of drug-likeness (QED) is 0.761. The number of hydrogen-bond donors (Lipinski definition) is 0. The molecule has 0 bridgehead atoms. The molecule has 1 heterocycles. The molecule has 0 saturated carbocycles. The van der Waals surface area contributed by atoms with E-state index in [1.165, 1.54) is 38.8 Å². The fourth-order valence-electron chi connectivity index (χ4n) is 2.49. The van der Waals surface area contributed by atoms with Crippen molar-refractivity contribution >= 4 is 0 Å². The Morgan fingerprint density at radius 1 is 1.16 bits per heavy atom. The normalized spacial score (nSPS) is 16.6. The van der Waals surface area contributed by atoms with Gasteiger partial charge in [-0.3, -0.25) is 0 Å². The molecule has 1 aliphatic heterocycles. The molecule has 0 spiro atoms. The maximum absolute atomic E-state index is 8.82. The van der Waals surface area contributed by atoms with Crippen molar-refractivity contribution in [2.45, 2.75) is 32.1 Å². The lowest BCUT2D eigenvalue weighted by molar-refractivity contribution is 0.240. The summed E-state index contributed by atoms with van der Waals surface area (Å²) in [6.45, 7) is 4.33. The van der Waals surface area contributed by atoms with Crippen molar-refractivity contribution in [1.29, 1.82) is 5.26 Å². The first-order valence-electron chi connectivity index (χ1n) is 7.24. The Kier molecular flexibility index (Phi) is 5.71. The number of benzene rings is 1. The van der Waals surface area contributed by atoms with E-state index in [1.807, 2.05) is 12.1 Å². The molecule has 19 heavy (non-hydrogen) atoms. The minimum absolute atomic E-state index is 0.657. The molecular weight excluding hydrogens is 236 g/mol. The lowest BCUT2D eigenvalue weighted by atomic mass is 10.2. The first kappa shape index (κ1) is 13.9. The highest BCUT2D eigenvalue weighted by Gasteiger charge is 2.08. The van der Waals surface area contributed by atoms with E-state index in [-0.39, 0.29) is 0 Å². The lowest BCUT2D eigenvalue weighted by Crippen LogP contribution is -2.26. The minimum atomic E-state index is 0.657. The number of nitriles is 1. The average molecular weight is 258 g/mol. The molecule has 102 valence electrons. The summed E-state index contributed by atoms with van der Waals surface area (Å²) in [7, 11) is 0. The monoisotopic (exact) mass is 258 g/mol. The maximum atomic E-state index is 8.82. The summed E-state index contributed by atoms with van der Waals surface area (Å²) in [5.74, 6) is 0.801. The third-order valence-electron chi connectivity index (χ3n) is 3.55.